The Morgan fingerprint density at radius 2 is 1.89 bits per heavy atom. The third kappa shape index (κ3) is 1.93. The molecule has 0 saturated heterocycles. The molecule has 1 aliphatic carbocycles. The number of hydrogen-bond acceptors (Lipinski definition) is 2. The molecule has 1 unspecified atom stereocenters. The zero-order valence-corrected chi connectivity index (χ0v) is 10.9. The number of hydrogen-bond donors (Lipinski definition) is 1. The normalized spacial score (nSPS) is 17.2. The van der Waals surface area contributed by atoms with Gasteiger partial charge in [0.15, 0.2) is 0 Å². The lowest BCUT2D eigenvalue weighted by Gasteiger charge is -2.13. The molecular weight excluding hydrogens is 236 g/mol. The second-order valence-corrected chi connectivity index (χ2v) is 5.20. The molecule has 2 aromatic rings. The number of carbonyl (C=O) groups is 1. The van der Waals surface area contributed by atoms with Crippen molar-refractivity contribution in [2.24, 2.45) is 0 Å². The van der Waals surface area contributed by atoms with E-state index in [2.05, 4.69) is 6.92 Å². The fourth-order valence-corrected chi connectivity index (χ4v) is 3.05. The van der Waals surface area contributed by atoms with E-state index in [9.17, 15) is 9.90 Å². The minimum atomic E-state index is 0.276. The van der Waals surface area contributed by atoms with E-state index in [1.165, 1.54) is 16.7 Å². The molecule has 0 fully saturated rings. The van der Waals surface area contributed by atoms with Crippen LogP contribution >= 0.6 is 0 Å². The van der Waals surface area contributed by atoms with Crippen molar-refractivity contribution in [3.05, 3.63) is 53.1 Å². The quantitative estimate of drug-likeness (QED) is 0.822. The third-order valence-electron chi connectivity index (χ3n) is 4.02. The summed E-state index contributed by atoms with van der Waals surface area (Å²) >= 11 is 0. The number of fused-ring (bicyclic) bond motifs is 1. The zero-order chi connectivity index (χ0) is 13.4. The Morgan fingerprint density at radius 1 is 1.16 bits per heavy atom. The lowest BCUT2D eigenvalue weighted by molar-refractivity contribution is 0.112. The van der Waals surface area contributed by atoms with Crippen LogP contribution < -0.4 is 0 Å². The number of rotatable bonds is 2. The second-order valence-electron chi connectivity index (χ2n) is 5.20. The number of phenolic OH excluding ortho intramolecular Hbond substituents is 1. The van der Waals surface area contributed by atoms with Crippen LogP contribution in [0.1, 0.15) is 40.7 Å². The summed E-state index contributed by atoms with van der Waals surface area (Å²) in [5.74, 6) is 0.727. The molecule has 2 nitrogen and oxygen atoms in total. The monoisotopic (exact) mass is 252 g/mol. The van der Waals surface area contributed by atoms with Crippen molar-refractivity contribution < 1.29 is 9.90 Å². The number of aldehydes is 1. The van der Waals surface area contributed by atoms with Gasteiger partial charge < -0.3 is 5.11 Å². The topological polar surface area (TPSA) is 37.3 Å². The third-order valence-corrected chi connectivity index (χ3v) is 4.02. The summed E-state index contributed by atoms with van der Waals surface area (Å²) in [5, 5.41) is 9.37. The molecule has 0 spiro atoms. The van der Waals surface area contributed by atoms with Crippen LogP contribution in [0, 0.1) is 0 Å². The largest absolute Gasteiger partial charge is 0.508 e. The molecule has 1 aliphatic rings. The molecule has 0 heterocycles. The maximum atomic E-state index is 11.2. The van der Waals surface area contributed by atoms with Crippen molar-refractivity contribution in [1.29, 1.82) is 0 Å². The van der Waals surface area contributed by atoms with Crippen molar-refractivity contribution in [3.8, 4) is 16.9 Å². The summed E-state index contributed by atoms with van der Waals surface area (Å²) in [4.78, 5) is 11.2. The van der Waals surface area contributed by atoms with Gasteiger partial charge in [-0.15, -0.1) is 0 Å². The van der Waals surface area contributed by atoms with E-state index >= 15 is 0 Å². The summed E-state index contributed by atoms with van der Waals surface area (Å²) in [5.41, 5.74) is 5.61. The van der Waals surface area contributed by atoms with Gasteiger partial charge >= 0.3 is 0 Å². The van der Waals surface area contributed by atoms with Gasteiger partial charge in [0.25, 0.3) is 0 Å². The Labute approximate surface area is 112 Å². The van der Waals surface area contributed by atoms with Crippen molar-refractivity contribution in [2.45, 2.75) is 25.7 Å². The first-order valence-corrected chi connectivity index (χ1v) is 6.61. The highest BCUT2D eigenvalue weighted by molar-refractivity contribution is 5.83. The number of aromatic hydroxyl groups is 1. The minimum Gasteiger partial charge on any atom is -0.508 e. The molecule has 1 N–H and O–H groups in total. The standard InChI is InChI=1S/C17H16O2/c1-11-2-8-16-15(9-5-13(10-18)17(11)16)12-3-6-14(19)7-4-12/h3-7,9-11,19H,2,8H2,1H3. The first kappa shape index (κ1) is 12.0. The van der Waals surface area contributed by atoms with Gasteiger partial charge in [0, 0.05) is 5.56 Å². The summed E-state index contributed by atoms with van der Waals surface area (Å²) in [6.45, 7) is 2.18. The molecule has 1 atom stereocenters. The lowest BCUT2D eigenvalue weighted by atomic mass is 9.91. The molecule has 0 saturated carbocycles. The van der Waals surface area contributed by atoms with Crippen molar-refractivity contribution in [2.75, 3.05) is 0 Å². The number of benzene rings is 2. The number of carbonyl (C=O) groups excluding carboxylic acids is 1. The first-order valence-electron chi connectivity index (χ1n) is 6.61. The molecule has 96 valence electrons. The van der Waals surface area contributed by atoms with E-state index in [0.717, 1.165) is 30.3 Å². The van der Waals surface area contributed by atoms with Crippen LogP contribution in [0.4, 0.5) is 0 Å². The zero-order valence-electron chi connectivity index (χ0n) is 10.9. The fourth-order valence-electron chi connectivity index (χ4n) is 3.05. The van der Waals surface area contributed by atoms with Crippen molar-refractivity contribution in [3.63, 3.8) is 0 Å². The average molecular weight is 252 g/mol. The Bertz CT molecular complexity index is 626. The van der Waals surface area contributed by atoms with E-state index in [0.29, 0.717) is 5.92 Å². The predicted octanol–water partition coefficient (Wildman–Crippen LogP) is 3.92. The van der Waals surface area contributed by atoms with Crippen LogP contribution in [-0.4, -0.2) is 11.4 Å². The Kier molecular flexibility index (Phi) is 2.86. The van der Waals surface area contributed by atoms with Crippen LogP contribution in [0.2, 0.25) is 0 Å². The second kappa shape index (κ2) is 4.54. The smallest absolute Gasteiger partial charge is 0.150 e. The number of phenols is 1. The molecular formula is C17H16O2. The van der Waals surface area contributed by atoms with Gasteiger partial charge in [-0.3, -0.25) is 4.79 Å². The average Bonchev–Trinajstić information content (AvgIpc) is 2.82. The Hall–Kier alpha value is -2.09. The van der Waals surface area contributed by atoms with Gasteiger partial charge in [-0.1, -0.05) is 31.2 Å². The van der Waals surface area contributed by atoms with Gasteiger partial charge in [-0.05, 0) is 53.1 Å². The van der Waals surface area contributed by atoms with Crippen LogP contribution in [0.15, 0.2) is 36.4 Å². The molecule has 19 heavy (non-hydrogen) atoms. The Morgan fingerprint density at radius 3 is 2.58 bits per heavy atom. The first-order chi connectivity index (χ1) is 9.20. The van der Waals surface area contributed by atoms with E-state index in [1.807, 2.05) is 24.3 Å². The summed E-state index contributed by atoms with van der Waals surface area (Å²) in [6, 6.07) is 11.2. The Balaban J connectivity index is 2.19. The van der Waals surface area contributed by atoms with Gasteiger partial charge in [0.1, 0.15) is 12.0 Å². The molecule has 2 aromatic carbocycles. The summed E-state index contributed by atoms with van der Waals surface area (Å²) < 4.78 is 0. The summed E-state index contributed by atoms with van der Waals surface area (Å²) in [6.07, 6.45) is 3.08. The maximum absolute atomic E-state index is 11.2. The molecule has 0 bridgehead atoms. The van der Waals surface area contributed by atoms with Crippen LogP contribution in [0.3, 0.4) is 0 Å². The molecule has 0 aliphatic heterocycles. The van der Waals surface area contributed by atoms with Gasteiger partial charge in [-0.25, -0.2) is 0 Å². The SMILES string of the molecule is CC1CCc2c(-c3ccc(O)cc3)ccc(C=O)c21. The molecule has 3 rings (SSSR count). The van der Waals surface area contributed by atoms with Gasteiger partial charge in [-0.2, -0.15) is 0 Å². The van der Waals surface area contributed by atoms with E-state index in [4.69, 9.17) is 0 Å². The summed E-state index contributed by atoms with van der Waals surface area (Å²) in [7, 11) is 0. The minimum absolute atomic E-state index is 0.276. The van der Waals surface area contributed by atoms with Crippen molar-refractivity contribution >= 4 is 6.29 Å². The highest BCUT2D eigenvalue weighted by Crippen LogP contribution is 2.40. The van der Waals surface area contributed by atoms with Crippen molar-refractivity contribution in [1.82, 2.24) is 0 Å². The van der Waals surface area contributed by atoms with Crippen LogP contribution in [0.25, 0.3) is 11.1 Å². The maximum Gasteiger partial charge on any atom is 0.150 e. The molecule has 0 radical (unpaired) electrons. The predicted molar refractivity (Wildman–Crippen MR) is 75.7 cm³/mol. The van der Waals surface area contributed by atoms with Crippen LogP contribution in [-0.2, 0) is 6.42 Å². The molecule has 0 aromatic heterocycles. The highest BCUT2D eigenvalue weighted by atomic mass is 16.3. The van der Waals surface area contributed by atoms with Gasteiger partial charge in [0.2, 0.25) is 0 Å². The fraction of sp³-hybridized carbons (Fsp3) is 0.235. The van der Waals surface area contributed by atoms with Gasteiger partial charge in [0.05, 0.1) is 0 Å². The van der Waals surface area contributed by atoms with Crippen LogP contribution in [0.5, 0.6) is 5.75 Å². The van der Waals surface area contributed by atoms with E-state index in [-0.39, 0.29) is 5.75 Å². The van der Waals surface area contributed by atoms with E-state index < -0.39 is 0 Å². The lowest BCUT2D eigenvalue weighted by Crippen LogP contribution is -1.97. The van der Waals surface area contributed by atoms with E-state index in [1.54, 1.807) is 12.1 Å². The molecule has 0 amide bonds. The molecule has 2 heteroatoms. The highest BCUT2D eigenvalue weighted by Gasteiger charge is 2.24.